The summed E-state index contributed by atoms with van der Waals surface area (Å²) in [7, 11) is 0. The van der Waals surface area contributed by atoms with Crippen LogP contribution in [-0.4, -0.2) is 12.6 Å². The van der Waals surface area contributed by atoms with Gasteiger partial charge in [-0.3, -0.25) is 0 Å². The summed E-state index contributed by atoms with van der Waals surface area (Å²) in [5.41, 5.74) is 0. The second-order valence-corrected chi connectivity index (χ2v) is 3.57. The maximum Gasteiger partial charge on any atom is 0.00695 e. The molecule has 2 atom stereocenters. The van der Waals surface area contributed by atoms with Crippen LogP contribution in [0.1, 0.15) is 39.5 Å². The monoisotopic (exact) mass is 141 g/mol. The van der Waals surface area contributed by atoms with Crippen LogP contribution in [0.3, 0.4) is 0 Å². The molecule has 0 aliphatic carbocycles. The van der Waals surface area contributed by atoms with E-state index in [0.717, 1.165) is 12.0 Å². The molecule has 0 spiro atoms. The van der Waals surface area contributed by atoms with E-state index in [-0.39, 0.29) is 0 Å². The summed E-state index contributed by atoms with van der Waals surface area (Å²) in [4.78, 5) is 0. The van der Waals surface area contributed by atoms with Crippen molar-refractivity contribution in [3.05, 3.63) is 0 Å². The van der Waals surface area contributed by atoms with Crippen LogP contribution in [0.2, 0.25) is 0 Å². The van der Waals surface area contributed by atoms with Gasteiger partial charge < -0.3 is 5.32 Å². The van der Waals surface area contributed by atoms with Crippen molar-refractivity contribution in [1.82, 2.24) is 5.32 Å². The van der Waals surface area contributed by atoms with Gasteiger partial charge in [-0.1, -0.05) is 20.3 Å². The van der Waals surface area contributed by atoms with Crippen LogP contribution >= 0.6 is 0 Å². The van der Waals surface area contributed by atoms with E-state index < -0.39 is 0 Å². The lowest BCUT2D eigenvalue weighted by molar-refractivity contribution is 0.306. The molecule has 10 heavy (non-hydrogen) atoms. The molecule has 0 saturated carbocycles. The first-order valence-electron chi connectivity index (χ1n) is 4.56. The Morgan fingerprint density at radius 2 is 2.30 bits per heavy atom. The zero-order valence-electron chi connectivity index (χ0n) is 7.19. The molecule has 1 saturated heterocycles. The highest BCUT2D eigenvalue weighted by molar-refractivity contribution is 4.75. The van der Waals surface area contributed by atoms with E-state index in [1.165, 1.54) is 32.2 Å². The molecule has 0 amide bonds. The Morgan fingerprint density at radius 1 is 1.50 bits per heavy atom. The van der Waals surface area contributed by atoms with E-state index in [9.17, 15) is 0 Å². The van der Waals surface area contributed by atoms with Crippen LogP contribution in [0.15, 0.2) is 0 Å². The first-order chi connectivity index (χ1) is 4.83. The molecule has 0 aromatic carbocycles. The lowest BCUT2D eigenvalue weighted by Crippen LogP contribution is -2.37. The number of hydrogen-bond donors (Lipinski definition) is 1. The molecule has 1 heterocycles. The van der Waals surface area contributed by atoms with Gasteiger partial charge in [-0.25, -0.2) is 0 Å². The minimum absolute atomic E-state index is 0.828. The molecule has 1 aliphatic heterocycles. The maximum atomic E-state index is 3.55. The second kappa shape index (κ2) is 3.97. The molecule has 0 aromatic rings. The molecule has 1 heteroatoms. The molecule has 1 fully saturated rings. The molecule has 60 valence electrons. The Hall–Kier alpha value is -0.0400. The molecular weight excluding hydrogens is 122 g/mol. The van der Waals surface area contributed by atoms with E-state index in [1.807, 2.05) is 0 Å². The Bertz CT molecular complexity index is 88.7. The third-order valence-electron chi connectivity index (χ3n) is 2.39. The quantitative estimate of drug-likeness (QED) is 0.621. The van der Waals surface area contributed by atoms with Gasteiger partial charge >= 0.3 is 0 Å². The van der Waals surface area contributed by atoms with Crippen LogP contribution in [0.5, 0.6) is 0 Å². The average molecular weight is 141 g/mol. The highest BCUT2D eigenvalue weighted by Crippen LogP contribution is 2.17. The van der Waals surface area contributed by atoms with Gasteiger partial charge in [0, 0.05) is 6.04 Å². The summed E-state index contributed by atoms with van der Waals surface area (Å²) >= 11 is 0. The smallest absolute Gasteiger partial charge is 0.00695 e. The summed E-state index contributed by atoms with van der Waals surface area (Å²) in [6.45, 7) is 5.87. The molecule has 0 bridgehead atoms. The maximum absolute atomic E-state index is 3.55. The van der Waals surface area contributed by atoms with Gasteiger partial charge in [0.2, 0.25) is 0 Å². The van der Waals surface area contributed by atoms with E-state index in [4.69, 9.17) is 0 Å². The zero-order chi connectivity index (χ0) is 7.40. The van der Waals surface area contributed by atoms with Gasteiger partial charge in [0.15, 0.2) is 0 Å². The van der Waals surface area contributed by atoms with Gasteiger partial charge in [0.25, 0.3) is 0 Å². The van der Waals surface area contributed by atoms with Crippen LogP contribution < -0.4 is 5.32 Å². The fourth-order valence-electron chi connectivity index (χ4n) is 1.79. The highest BCUT2D eigenvalue weighted by Gasteiger charge is 2.16. The molecule has 1 aliphatic rings. The SMILES string of the molecule is CCC[C@H]1C[C@H](C)CCN1. The molecule has 1 rings (SSSR count). The summed E-state index contributed by atoms with van der Waals surface area (Å²) in [5.74, 6) is 0.956. The van der Waals surface area contributed by atoms with Crippen LogP contribution in [-0.2, 0) is 0 Å². The first-order valence-corrected chi connectivity index (χ1v) is 4.56. The normalized spacial score (nSPS) is 34.2. The van der Waals surface area contributed by atoms with Crippen LogP contribution in [0.25, 0.3) is 0 Å². The summed E-state index contributed by atoms with van der Waals surface area (Å²) in [6.07, 6.45) is 5.46. The van der Waals surface area contributed by atoms with Crippen molar-refractivity contribution in [2.24, 2.45) is 5.92 Å². The molecule has 0 radical (unpaired) electrons. The van der Waals surface area contributed by atoms with Crippen molar-refractivity contribution >= 4 is 0 Å². The van der Waals surface area contributed by atoms with E-state index >= 15 is 0 Å². The standard InChI is InChI=1S/C9H19N/c1-3-4-9-7-8(2)5-6-10-9/h8-10H,3-7H2,1-2H3/t8-,9+/m1/s1. The van der Waals surface area contributed by atoms with E-state index in [0.29, 0.717) is 0 Å². The minimum Gasteiger partial charge on any atom is -0.314 e. The fraction of sp³-hybridized carbons (Fsp3) is 1.00. The van der Waals surface area contributed by atoms with Gasteiger partial charge in [0.1, 0.15) is 0 Å². The average Bonchev–Trinajstić information content (AvgIpc) is 1.88. The third-order valence-corrected chi connectivity index (χ3v) is 2.39. The Labute approximate surface area is 64.2 Å². The highest BCUT2D eigenvalue weighted by atomic mass is 14.9. The Balaban J connectivity index is 2.18. The second-order valence-electron chi connectivity index (χ2n) is 3.57. The first kappa shape index (κ1) is 8.06. The van der Waals surface area contributed by atoms with Gasteiger partial charge in [-0.05, 0) is 31.7 Å². The Morgan fingerprint density at radius 3 is 2.90 bits per heavy atom. The number of hydrogen-bond acceptors (Lipinski definition) is 1. The van der Waals surface area contributed by atoms with Crippen molar-refractivity contribution in [2.75, 3.05) is 6.54 Å². The van der Waals surface area contributed by atoms with E-state index in [1.54, 1.807) is 0 Å². The molecule has 1 nitrogen and oxygen atoms in total. The van der Waals surface area contributed by atoms with Crippen molar-refractivity contribution in [1.29, 1.82) is 0 Å². The zero-order valence-corrected chi connectivity index (χ0v) is 7.19. The van der Waals surface area contributed by atoms with Gasteiger partial charge in [-0.2, -0.15) is 0 Å². The summed E-state index contributed by atoms with van der Waals surface area (Å²) in [5, 5.41) is 3.55. The van der Waals surface area contributed by atoms with Crippen molar-refractivity contribution in [3.8, 4) is 0 Å². The van der Waals surface area contributed by atoms with Crippen molar-refractivity contribution in [3.63, 3.8) is 0 Å². The molecule has 0 aromatic heterocycles. The lowest BCUT2D eigenvalue weighted by atomic mass is 9.92. The van der Waals surface area contributed by atoms with Crippen molar-refractivity contribution < 1.29 is 0 Å². The summed E-state index contributed by atoms with van der Waals surface area (Å²) < 4.78 is 0. The van der Waals surface area contributed by atoms with Gasteiger partial charge in [-0.15, -0.1) is 0 Å². The largest absolute Gasteiger partial charge is 0.314 e. The number of rotatable bonds is 2. The number of piperidine rings is 1. The third kappa shape index (κ3) is 2.30. The number of nitrogens with one attached hydrogen (secondary N) is 1. The van der Waals surface area contributed by atoms with Gasteiger partial charge in [0.05, 0.1) is 0 Å². The Kier molecular flexibility index (Phi) is 3.20. The minimum atomic E-state index is 0.828. The predicted octanol–water partition coefficient (Wildman–Crippen LogP) is 2.17. The van der Waals surface area contributed by atoms with Crippen molar-refractivity contribution in [2.45, 2.75) is 45.6 Å². The summed E-state index contributed by atoms with van der Waals surface area (Å²) in [6, 6.07) is 0.828. The van der Waals surface area contributed by atoms with Crippen LogP contribution in [0.4, 0.5) is 0 Å². The van der Waals surface area contributed by atoms with E-state index in [2.05, 4.69) is 19.2 Å². The van der Waals surface area contributed by atoms with Crippen LogP contribution in [0, 0.1) is 5.92 Å². The molecular formula is C9H19N. The molecule has 1 N–H and O–H groups in total. The molecule has 0 unspecified atom stereocenters. The fourth-order valence-corrected chi connectivity index (χ4v) is 1.79. The lowest BCUT2D eigenvalue weighted by Gasteiger charge is -2.27. The topological polar surface area (TPSA) is 12.0 Å². The predicted molar refractivity (Wildman–Crippen MR) is 45.1 cm³/mol.